The molecule has 0 bridgehead atoms. The van der Waals surface area contributed by atoms with Crippen LogP contribution < -0.4 is 4.90 Å². The van der Waals surface area contributed by atoms with E-state index in [1.165, 1.54) is 0 Å². The number of hydrogen-bond donors (Lipinski definition) is 0. The lowest BCUT2D eigenvalue weighted by molar-refractivity contribution is -0.148. The Labute approximate surface area is 137 Å². The van der Waals surface area contributed by atoms with Crippen molar-refractivity contribution in [3.63, 3.8) is 0 Å². The molecular formula is C20H23NO2. The molecule has 1 atom stereocenters. The van der Waals surface area contributed by atoms with Gasteiger partial charge in [0, 0.05) is 24.2 Å². The zero-order chi connectivity index (χ0) is 15.9. The van der Waals surface area contributed by atoms with Crippen molar-refractivity contribution in [3.05, 3.63) is 60.7 Å². The SMILES string of the molecule is O=C1CCCCCC[C@H](N(c2ccccc2)c2ccccc2)O1. The van der Waals surface area contributed by atoms with Gasteiger partial charge in [0.15, 0.2) is 6.23 Å². The smallest absolute Gasteiger partial charge is 0.307 e. The first-order valence-electron chi connectivity index (χ1n) is 8.43. The van der Waals surface area contributed by atoms with Gasteiger partial charge in [0.2, 0.25) is 0 Å². The minimum atomic E-state index is -0.245. The predicted octanol–water partition coefficient (Wildman–Crippen LogP) is 5.05. The standard InChI is InChI=1S/C20H23NO2/c22-20-16-10-2-1-9-15-19(23-20)21(17-11-5-3-6-12-17)18-13-7-4-8-14-18/h3-8,11-14,19H,1-2,9-10,15-16H2/t19-/m1/s1. The van der Waals surface area contributed by atoms with E-state index in [9.17, 15) is 4.79 Å². The second-order valence-electron chi connectivity index (χ2n) is 5.94. The number of carbonyl (C=O) groups is 1. The molecular weight excluding hydrogens is 286 g/mol. The molecule has 23 heavy (non-hydrogen) atoms. The van der Waals surface area contributed by atoms with Crippen molar-refractivity contribution in [2.75, 3.05) is 4.90 Å². The van der Waals surface area contributed by atoms with Gasteiger partial charge >= 0.3 is 5.97 Å². The van der Waals surface area contributed by atoms with Gasteiger partial charge in [-0.3, -0.25) is 4.79 Å². The van der Waals surface area contributed by atoms with Gasteiger partial charge in [-0.05, 0) is 37.1 Å². The van der Waals surface area contributed by atoms with Gasteiger partial charge in [-0.1, -0.05) is 49.2 Å². The van der Waals surface area contributed by atoms with Gasteiger partial charge in [-0.25, -0.2) is 0 Å². The minimum absolute atomic E-state index is 0.0891. The molecule has 1 saturated heterocycles. The number of nitrogens with zero attached hydrogens (tertiary/aromatic N) is 1. The Morgan fingerprint density at radius 1 is 0.783 bits per heavy atom. The van der Waals surface area contributed by atoms with E-state index in [4.69, 9.17) is 4.74 Å². The summed E-state index contributed by atoms with van der Waals surface area (Å²) < 4.78 is 5.83. The first-order valence-corrected chi connectivity index (χ1v) is 8.43. The van der Waals surface area contributed by atoms with Crippen molar-refractivity contribution < 1.29 is 9.53 Å². The normalized spacial score (nSPS) is 19.1. The quantitative estimate of drug-likeness (QED) is 0.743. The maximum Gasteiger partial charge on any atom is 0.307 e. The second-order valence-corrected chi connectivity index (χ2v) is 5.94. The lowest BCUT2D eigenvalue weighted by Gasteiger charge is -2.33. The number of carbonyl (C=O) groups excluding carboxylic acids is 1. The maximum absolute atomic E-state index is 12.1. The van der Waals surface area contributed by atoms with Crippen molar-refractivity contribution in [2.45, 2.75) is 44.8 Å². The summed E-state index contributed by atoms with van der Waals surface area (Å²) in [5, 5.41) is 0. The van der Waals surface area contributed by atoms with Crippen LogP contribution in [0.4, 0.5) is 11.4 Å². The molecule has 0 N–H and O–H groups in total. The molecule has 1 aliphatic rings. The van der Waals surface area contributed by atoms with Gasteiger partial charge in [0.05, 0.1) is 0 Å². The Balaban J connectivity index is 1.94. The van der Waals surface area contributed by atoms with Gasteiger partial charge in [-0.2, -0.15) is 0 Å². The van der Waals surface area contributed by atoms with Gasteiger partial charge < -0.3 is 9.64 Å². The molecule has 1 heterocycles. The van der Waals surface area contributed by atoms with E-state index in [1.54, 1.807) is 0 Å². The molecule has 0 radical (unpaired) electrons. The highest BCUT2D eigenvalue weighted by molar-refractivity contribution is 5.71. The third-order valence-corrected chi connectivity index (χ3v) is 4.21. The average Bonchev–Trinajstić information content (AvgIpc) is 2.69. The summed E-state index contributed by atoms with van der Waals surface area (Å²) in [6, 6.07) is 20.3. The highest BCUT2D eigenvalue weighted by Gasteiger charge is 2.24. The highest BCUT2D eigenvalue weighted by atomic mass is 16.6. The Kier molecular flexibility index (Phi) is 5.30. The average molecular weight is 309 g/mol. The number of hydrogen-bond acceptors (Lipinski definition) is 3. The van der Waals surface area contributed by atoms with Gasteiger partial charge in [0.1, 0.15) is 0 Å². The largest absolute Gasteiger partial charge is 0.441 e. The molecule has 3 heteroatoms. The molecule has 0 aromatic heterocycles. The fraction of sp³-hybridized carbons (Fsp3) is 0.350. The van der Waals surface area contributed by atoms with Crippen molar-refractivity contribution >= 4 is 17.3 Å². The Morgan fingerprint density at radius 3 is 1.96 bits per heavy atom. The van der Waals surface area contributed by atoms with Crippen LogP contribution in [0.3, 0.4) is 0 Å². The fourth-order valence-electron chi connectivity index (χ4n) is 3.05. The molecule has 2 aromatic carbocycles. The Morgan fingerprint density at radius 2 is 1.35 bits per heavy atom. The Hall–Kier alpha value is -2.29. The van der Waals surface area contributed by atoms with E-state index in [0.717, 1.165) is 43.5 Å². The zero-order valence-electron chi connectivity index (χ0n) is 13.4. The summed E-state index contributed by atoms with van der Waals surface area (Å²) in [4.78, 5) is 14.3. The van der Waals surface area contributed by atoms with E-state index in [0.29, 0.717) is 6.42 Å². The first kappa shape index (κ1) is 15.6. The topological polar surface area (TPSA) is 29.5 Å². The molecule has 0 spiro atoms. The minimum Gasteiger partial charge on any atom is -0.441 e. The third kappa shape index (κ3) is 4.13. The van der Waals surface area contributed by atoms with E-state index in [2.05, 4.69) is 29.2 Å². The van der Waals surface area contributed by atoms with Crippen LogP contribution in [0.15, 0.2) is 60.7 Å². The van der Waals surface area contributed by atoms with Gasteiger partial charge in [-0.15, -0.1) is 0 Å². The molecule has 3 rings (SSSR count). The monoisotopic (exact) mass is 309 g/mol. The van der Waals surface area contributed by atoms with Gasteiger partial charge in [0.25, 0.3) is 0 Å². The Bertz CT molecular complexity index is 573. The van der Waals surface area contributed by atoms with Crippen LogP contribution in [-0.2, 0) is 9.53 Å². The second kappa shape index (κ2) is 7.82. The molecule has 120 valence electrons. The summed E-state index contributed by atoms with van der Waals surface area (Å²) in [5.41, 5.74) is 2.10. The zero-order valence-corrected chi connectivity index (χ0v) is 13.4. The fourth-order valence-corrected chi connectivity index (χ4v) is 3.05. The number of ether oxygens (including phenoxy) is 1. The molecule has 0 aliphatic carbocycles. The summed E-state index contributed by atoms with van der Waals surface area (Å²) in [7, 11) is 0. The maximum atomic E-state index is 12.1. The van der Waals surface area contributed by atoms with Crippen LogP contribution in [0.2, 0.25) is 0 Å². The number of rotatable bonds is 3. The number of benzene rings is 2. The van der Waals surface area contributed by atoms with Crippen LogP contribution in [0, 0.1) is 0 Å². The third-order valence-electron chi connectivity index (χ3n) is 4.21. The number of esters is 1. The lowest BCUT2D eigenvalue weighted by atomic mass is 10.1. The van der Waals surface area contributed by atoms with E-state index >= 15 is 0 Å². The van der Waals surface area contributed by atoms with Crippen molar-refractivity contribution in [1.82, 2.24) is 0 Å². The molecule has 0 unspecified atom stereocenters. The molecule has 1 fully saturated rings. The number of anilines is 2. The molecule has 1 aliphatic heterocycles. The summed E-state index contributed by atoms with van der Waals surface area (Å²) in [6.07, 6.45) is 5.41. The molecule has 0 saturated carbocycles. The van der Waals surface area contributed by atoms with Crippen LogP contribution in [0.25, 0.3) is 0 Å². The van der Waals surface area contributed by atoms with Crippen LogP contribution in [0.1, 0.15) is 38.5 Å². The van der Waals surface area contributed by atoms with E-state index in [-0.39, 0.29) is 12.2 Å². The lowest BCUT2D eigenvalue weighted by Crippen LogP contribution is -2.35. The van der Waals surface area contributed by atoms with Crippen molar-refractivity contribution in [3.8, 4) is 0 Å². The van der Waals surface area contributed by atoms with Crippen LogP contribution >= 0.6 is 0 Å². The first-order chi connectivity index (χ1) is 11.3. The summed E-state index contributed by atoms with van der Waals surface area (Å²) >= 11 is 0. The number of para-hydroxylation sites is 2. The molecule has 2 aromatic rings. The number of cyclic esters (lactones) is 1. The summed E-state index contributed by atoms with van der Waals surface area (Å²) in [5.74, 6) is -0.0891. The highest BCUT2D eigenvalue weighted by Crippen LogP contribution is 2.31. The summed E-state index contributed by atoms with van der Waals surface area (Å²) in [6.45, 7) is 0. The molecule has 0 amide bonds. The molecule has 3 nitrogen and oxygen atoms in total. The van der Waals surface area contributed by atoms with E-state index in [1.807, 2.05) is 36.4 Å². The van der Waals surface area contributed by atoms with Crippen LogP contribution in [-0.4, -0.2) is 12.2 Å². The predicted molar refractivity (Wildman–Crippen MR) is 92.6 cm³/mol. The van der Waals surface area contributed by atoms with Crippen LogP contribution in [0.5, 0.6) is 0 Å². The van der Waals surface area contributed by atoms with E-state index < -0.39 is 0 Å². The van der Waals surface area contributed by atoms with Crippen molar-refractivity contribution in [2.24, 2.45) is 0 Å². The van der Waals surface area contributed by atoms with Crippen molar-refractivity contribution in [1.29, 1.82) is 0 Å².